The third-order valence-electron chi connectivity index (χ3n) is 2.81. The molecule has 2 aliphatic rings. The van der Waals surface area contributed by atoms with Gasteiger partial charge < -0.3 is 19.5 Å². The molecule has 0 spiro atoms. The van der Waals surface area contributed by atoms with Crippen molar-refractivity contribution in [1.29, 1.82) is 0 Å². The number of carbonyl (C=O) groups excluding carboxylic acids is 1. The number of carbonyl (C=O) groups is 1. The van der Waals surface area contributed by atoms with Gasteiger partial charge in [0.05, 0.1) is 19.6 Å². The second-order valence-corrected chi connectivity index (χ2v) is 3.78. The summed E-state index contributed by atoms with van der Waals surface area (Å²) in [7, 11) is 1.58. The molecule has 84 valence electrons. The topological polar surface area (TPSA) is 56.8 Å². The van der Waals surface area contributed by atoms with E-state index in [1.807, 2.05) is 12.1 Å². The molecule has 5 nitrogen and oxygen atoms in total. The van der Waals surface area contributed by atoms with Gasteiger partial charge in [-0.1, -0.05) is 0 Å². The van der Waals surface area contributed by atoms with E-state index in [-0.39, 0.29) is 18.7 Å². The highest BCUT2D eigenvalue weighted by atomic mass is 16.7. The van der Waals surface area contributed by atoms with Crippen LogP contribution in [0, 0.1) is 0 Å². The number of benzene rings is 1. The largest absolute Gasteiger partial charge is 0.493 e. The van der Waals surface area contributed by atoms with Gasteiger partial charge in [0.1, 0.15) is 0 Å². The third kappa shape index (κ3) is 1.28. The van der Waals surface area contributed by atoms with Crippen molar-refractivity contribution in [3.8, 4) is 17.2 Å². The Hall–Kier alpha value is -1.91. The van der Waals surface area contributed by atoms with Gasteiger partial charge in [0.2, 0.25) is 18.4 Å². The molecule has 0 saturated carbocycles. The van der Waals surface area contributed by atoms with Crippen LogP contribution in [0.2, 0.25) is 0 Å². The lowest BCUT2D eigenvalue weighted by Gasteiger charge is -2.27. The predicted molar refractivity (Wildman–Crippen MR) is 54.6 cm³/mol. The average molecular weight is 221 g/mol. The summed E-state index contributed by atoms with van der Waals surface area (Å²) < 4.78 is 15.8. The van der Waals surface area contributed by atoms with Crippen LogP contribution < -0.4 is 19.5 Å². The number of methoxy groups -OCH3 is 1. The van der Waals surface area contributed by atoms with E-state index >= 15 is 0 Å². The fourth-order valence-corrected chi connectivity index (χ4v) is 1.91. The van der Waals surface area contributed by atoms with E-state index in [2.05, 4.69) is 5.32 Å². The van der Waals surface area contributed by atoms with E-state index in [0.717, 1.165) is 5.56 Å². The Balaban J connectivity index is 1.98. The summed E-state index contributed by atoms with van der Waals surface area (Å²) in [6.07, 6.45) is 0.517. The quantitative estimate of drug-likeness (QED) is 0.756. The zero-order chi connectivity index (χ0) is 11.1. The molecule has 1 atom stereocenters. The third-order valence-corrected chi connectivity index (χ3v) is 2.81. The molecule has 3 rings (SSSR count). The lowest BCUT2D eigenvalue weighted by atomic mass is 9.96. The molecule has 2 heterocycles. The van der Waals surface area contributed by atoms with Gasteiger partial charge in [-0.25, -0.2) is 0 Å². The average Bonchev–Trinajstić information content (AvgIpc) is 2.71. The monoisotopic (exact) mass is 221 g/mol. The van der Waals surface area contributed by atoms with Crippen molar-refractivity contribution in [2.45, 2.75) is 12.5 Å². The molecule has 0 aliphatic carbocycles. The van der Waals surface area contributed by atoms with Crippen LogP contribution in [0.25, 0.3) is 0 Å². The highest BCUT2D eigenvalue weighted by molar-refractivity contribution is 5.83. The Bertz CT molecular complexity index is 450. The molecular weight excluding hydrogens is 210 g/mol. The lowest BCUT2D eigenvalue weighted by molar-refractivity contribution is -0.128. The van der Waals surface area contributed by atoms with Crippen molar-refractivity contribution >= 4 is 5.91 Å². The number of amides is 1. The number of ether oxygens (including phenoxy) is 3. The van der Waals surface area contributed by atoms with E-state index in [1.165, 1.54) is 0 Å². The van der Waals surface area contributed by atoms with E-state index < -0.39 is 0 Å². The van der Waals surface area contributed by atoms with Gasteiger partial charge in [-0.15, -0.1) is 0 Å². The van der Waals surface area contributed by atoms with Gasteiger partial charge in [0.15, 0.2) is 11.5 Å². The van der Waals surface area contributed by atoms with Crippen LogP contribution in [0.5, 0.6) is 17.2 Å². The van der Waals surface area contributed by atoms with E-state index in [0.29, 0.717) is 23.7 Å². The maximum atomic E-state index is 10.9. The van der Waals surface area contributed by atoms with Gasteiger partial charge >= 0.3 is 0 Å². The zero-order valence-electron chi connectivity index (χ0n) is 8.78. The van der Waals surface area contributed by atoms with Crippen molar-refractivity contribution in [2.75, 3.05) is 13.9 Å². The molecule has 2 aliphatic heterocycles. The smallest absolute Gasteiger partial charge is 0.231 e. The van der Waals surface area contributed by atoms with Crippen LogP contribution in [0.4, 0.5) is 0 Å². The highest BCUT2D eigenvalue weighted by Crippen LogP contribution is 2.44. The SMILES string of the molecule is COc1cc(C2CC(=O)N2)cc2c1OCO2. The Morgan fingerprint density at radius 1 is 1.44 bits per heavy atom. The second-order valence-electron chi connectivity index (χ2n) is 3.78. The summed E-state index contributed by atoms with van der Waals surface area (Å²) in [5, 5.41) is 2.81. The summed E-state index contributed by atoms with van der Waals surface area (Å²) in [5.41, 5.74) is 0.987. The first-order valence-corrected chi connectivity index (χ1v) is 5.05. The molecule has 1 aromatic rings. The Morgan fingerprint density at radius 2 is 2.25 bits per heavy atom. The Kier molecular flexibility index (Phi) is 1.92. The molecule has 16 heavy (non-hydrogen) atoms. The highest BCUT2D eigenvalue weighted by Gasteiger charge is 2.30. The van der Waals surface area contributed by atoms with Gasteiger partial charge in [-0.3, -0.25) is 4.79 Å². The minimum Gasteiger partial charge on any atom is -0.493 e. The fraction of sp³-hybridized carbons (Fsp3) is 0.364. The van der Waals surface area contributed by atoms with Gasteiger partial charge in [0.25, 0.3) is 0 Å². The fourth-order valence-electron chi connectivity index (χ4n) is 1.91. The van der Waals surface area contributed by atoms with Crippen LogP contribution >= 0.6 is 0 Å². The van der Waals surface area contributed by atoms with E-state index in [4.69, 9.17) is 14.2 Å². The number of fused-ring (bicyclic) bond motifs is 1. The van der Waals surface area contributed by atoms with Crippen LogP contribution in [-0.2, 0) is 4.79 Å². The number of hydrogen-bond acceptors (Lipinski definition) is 4. The van der Waals surface area contributed by atoms with E-state index in [1.54, 1.807) is 7.11 Å². The molecular formula is C11H11NO4. The maximum absolute atomic E-state index is 10.9. The first-order valence-electron chi connectivity index (χ1n) is 5.05. The molecule has 1 saturated heterocycles. The number of rotatable bonds is 2. The molecule has 0 aromatic heterocycles. The normalized spacial score (nSPS) is 21.3. The summed E-state index contributed by atoms with van der Waals surface area (Å²) in [4.78, 5) is 10.9. The molecule has 1 fully saturated rings. The Morgan fingerprint density at radius 3 is 2.94 bits per heavy atom. The van der Waals surface area contributed by atoms with Gasteiger partial charge in [0, 0.05) is 0 Å². The van der Waals surface area contributed by atoms with Crippen LogP contribution in [0.3, 0.4) is 0 Å². The molecule has 0 radical (unpaired) electrons. The Labute approximate surface area is 92.3 Å². The van der Waals surface area contributed by atoms with Crippen molar-refractivity contribution in [1.82, 2.24) is 5.32 Å². The molecule has 1 unspecified atom stereocenters. The standard InChI is InChI=1S/C11H11NO4/c1-14-8-2-6(7-4-10(13)12-7)3-9-11(8)16-5-15-9/h2-3,7H,4-5H2,1H3,(H,12,13). The molecule has 5 heteroatoms. The van der Waals surface area contributed by atoms with E-state index in [9.17, 15) is 4.79 Å². The van der Waals surface area contributed by atoms with Crippen LogP contribution in [0.15, 0.2) is 12.1 Å². The minimum absolute atomic E-state index is 0.0656. The van der Waals surface area contributed by atoms with Crippen molar-refractivity contribution < 1.29 is 19.0 Å². The zero-order valence-corrected chi connectivity index (χ0v) is 8.78. The molecule has 1 amide bonds. The van der Waals surface area contributed by atoms with Gasteiger partial charge in [-0.2, -0.15) is 0 Å². The molecule has 0 bridgehead atoms. The summed E-state index contributed by atoms with van der Waals surface area (Å²) >= 11 is 0. The minimum atomic E-state index is 0.0656. The summed E-state index contributed by atoms with van der Waals surface area (Å²) in [6, 6.07) is 3.82. The van der Waals surface area contributed by atoms with Crippen molar-refractivity contribution in [3.05, 3.63) is 17.7 Å². The van der Waals surface area contributed by atoms with Crippen LogP contribution in [0.1, 0.15) is 18.0 Å². The molecule has 1 N–H and O–H groups in total. The number of β-lactam (4-membered cyclic amide) rings is 1. The van der Waals surface area contributed by atoms with Crippen LogP contribution in [-0.4, -0.2) is 19.8 Å². The van der Waals surface area contributed by atoms with Crippen molar-refractivity contribution in [3.63, 3.8) is 0 Å². The van der Waals surface area contributed by atoms with Crippen molar-refractivity contribution in [2.24, 2.45) is 0 Å². The lowest BCUT2D eigenvalue weighted by Crippen LogP contribution is -2.41. The first kappa shape index (κ1) is 9.33. The summed E-state index contributed by atoms with van der Waals surface area (Å²) in [6.45, 7) is 0.214. The van der Waals surface area contributed by atoms with Gasteiger partial charge in [-0.05, 0) is 17.7 Å². The summed E-state index contributed by atoms with van der Waals surface area (Å²) in [5.74, 6) is 2.03. The molecule has 1 aromatic carbocycles. The first-order chi connectivity index (χ1) is 7.78. The number of nitrogens with one attached hydrogen (secondary N) is 1. The predicted octanol–water partition coefficient (Wildman–Crippen LogP) is 0.985. The maximum Gasteiger partial charge on any atom is 0.231 e. The number of hydrogen-bond donors (Lipinski definition) is 1. The second kappa shape index (κ2) is 3.30.